The number of likely N-dealkylation sites (tertiary alicyclic amines) is 1. The lowest BCUT2D eigenvalue weighted by Gasteiger charge is -2.50. The quantitative estimate of drug-likeness (QED) is 0.783. The van der Waals surface area contributed by atoms with Gasteiger partial charge < -0.3 is 10.2 Å². The first-order chi connectivity index (χ1) is 11.5. The Morgan fingerprint density at radius 1 is 1.50 bits per heavy atom. The molecule has 1 aliphatic heterocycles. The molecule has 2 aliphatic carbocycles. The van der Waals surface area contributed by atoms with Crippen LogP contribution in [0, 0.1) is 17.3 Å². The van der Waals surface area contributed by atoms with E-state index in [1.807, 2.05) is 11.8 Å². The molecule has 0 unspecified atom stereocenters. The van der Waals surface area contributed by atoms with Crippen molar-refractivity contribution in [2.24, 2.45) is 17.3 Å². The summed E-state index contributed by atoms with van der Waals surface area (Å²) in [4.78, 5) is 26.2. The number of nitrogens with one attached hydrogen (secondary N) is 1. The summed E-state index contributed by atoms with van der Waals surface area (Å²) in [6.45, 7) is 9.80. The number of thioether (sulfide) groups is 1. The van der Waals surface area contributed by atoms with Crippen LogP contribution >= 0.6 is 11.8 Å². The Morgan fingerprint density at radius 2 is 2.29 bits per heavy atom. The van der Waals surface area contributed by atoms with Crippen molar-refractivity contribution in [3.8, 4) is 0 Å². The molecule has 0 aromatic carbocycles. The fraction of sp³-hybridized carbons (Fsp3) is 0.684. The number of hydrogen-bond acceptors (Lipinski definition) is 3. The molecule has 0 aromatic heterocycles. The lowest BCUT2D eigenvalue weighted by Crippen LogP contribution is -2.49. The smallest absolute Gasteiger partial charge is 0.279 e. The van der Waals surface area contributed by atoms with Crippen molar-refractivity contribution in [2.45, 2.75) is 46.0 Å². The van der Waals surface area contributed by atoms with Crippen molar-refractivity contribution in [1.82, 2.24) is 10.2 Å². The Hall–Kier alpha value is -1.23. The van der Waals surface area contributed by atoms with Crippen molar-refractivity contribution in [3.63, 3.8) is 0 Å². The molecular weight excluding hydrogens is 320 g/mol. The SMILES string of the molecule is C=C1CC[C@@H]2C[C@@H](C)C=C3N(CCSC(=O)NCC)C(=O)CC[C@]132. The molecule has 1 heterocycles. The molecule has 2 fully saturated rings. The predicted molar refractivity (Wildman–Crippen MR) is 98.6 cm³/mol. The van der Waals surface area contributed by atoms with E-state index in [0.29, 0.717) is 37.1 Å². The third-order valence-electron chi connectivity index (χ3n) is 5.87. The van der Waals surface area contributed by atoms with Gasteiger partial charge in [0.05, 0.1) is 0 Å². The minimum atomic E-state index is -0.00850. The first-order valence-electron chi connectivity index (χ1n) is 9.10. The van der Waals surface area contributed by atoms with Gasteiger partial charge in [-0.05, 0) is 44.4 Å². The Morgan fingerprint density at radius 3 is 3.04 bits per heavy atom. The fourth-order valence-electron chi connectivity index (χ4n) is 4.83. The summed E-state index contributed by atoms with van der Waals surface area (Å²) in [6.07, 6.45) is 7.33. The minimum absolute atomic E-state index is 0.00850. The van der Waals surface area contributed by atoms with Crippen LogP contribution in [0.25, 0.3) is 0 Å². The number of carbonyl (C=O) groups is 2. The molecule has 1 spiro atoms. The van der Waals surface area contributed by atoms with Gasteiger partial charge in [-0.3, -0.25) is 9.59 Å². The van der Waals surface area contributed by atoms with Gasteiger partial charge in [-0.2, -0.15) is 0 Å². The van der Waals surface area contributed by atoms with Gasteiger partial charge in [0.2, 0.25) is 5.91 Å². The topological polar surface area (TPSA) is 49.4 Å². The molecular formula is C19H28N2O2S. The van der Waals surface area contributed by atoms with Crippen molar-refractivity contribution < 1.29 is 9.59 Å². The van der Waals surface area contributed by atoms with Crippen LogP contribution in [-0.4, -0.2) is 34.9 Å². The van der Waals surface area contributed by atoms with Gasteiger partial charge in [0.25, 0.3) is 5.24 Å². The minimum Gasteiger partial charge on any atom is -0.347 e. The summed E-state index contributed by atoms with van der Waals surface area (Å²) in [5.74, 6) is 1.98. The number of piperidine rings is 1. The van der Waals surface area contributed by atoms with Crippen molar-refractivity contribution in [1.29, 1.82) is 0 Å². The largest absolute Gasteiger partial charge is 0.347 e. The molecule has 4 nitrogen and oxygen atoms in total. The van der Waals surface area contributed by atoms with Gasteiger partial charge in [-0.25, -0.2) is 0 Å². The number of rotatable bonds is 4. The van der Waals surface area contributed by atoms with Gasteiger partial charge in [0, 0.05) is 36.4 Å². The van der Waals surface area contributed by atoms with Crippen LogP contribution in [-0.2, 0) is 4.79 Å². The first-order valence-corrected chi connectivity index (χ1v) is 10.1. The lowest BCUT2D eigenvalue weighted by atomic mass is 9.62. The Bertz CT molecular complexity index is 586. The van der Waals surface area contributed by atoms with Crippen LogP contribution in [0.3, 0.4) is 0 Å². The molecule has 0 bridgehead atoms. The van der Waals surface area contributed by atoms with E-state index in [-0.39, 0.29) is 16.6 Å². The van der Waals surface area contributed by atoms with Gasteiger partial charge in [-0.15, -0.1) is 0 Å². The molecule has 1 N–H and O–H groups in total. The fourth-order valence-corrected chi connectivity index (χ4v) is 5.54. The van der Waals surface area contributed by atoms with E-state index >= 15 is 0 Å². The van der Waals surface area contributed by atoms with E-state index < -0.39 is 0 Å². The average Bonchev–Trinajstić information content (AvgIpc) is 2.85. The van der Waals surface area contributed by atoms with E-state index in [9.17, 15) is 9.59 Å². The highest BCUT2D eigenvalue weighted by Crippen LogP contribution is 2.61. The molecule has 24 heavy (non-hydrogen) atoms. The maximum atomic E-state index is 12.6. The maximum absolute atomic E-state index is 12.6. The molecule has 0 aromatic rings. The zero-order valence-corrected chi connectivity index (χ0v) is 15.6. The molecule has 5 heteroatoms. The number of amides is 2. The standard InChI is InChI=1S/C19H28N2O2S/c1-4-20-18(23)24-10-9-21-16-12-13(2)11-15-6-5-14(3)19(15,16)8-7-17(21)22/h12-13,15H,3-11H2,1-2H3,(H,20,23)/t13-,15-,19-/m1/s1. The molecule has 0 radical (unpaired) electrons. The van der Waals surface area contributed by atoms with Crippen molar-refractivity contribution in [3.05, 3.63) is 23.9 Å². The molecule has 1 saturated carbocycles. The monoisotopic (exact) mass is 348 g/mol. The highest BCUT2D eigenvalue weighted by Gasteiger charge is 2.54. The van der Waals surface area contributed by atoms with Gasteiger partial charge in [-0.1, -0.05) is 36.9 Å². The molecule has 3 aliphatic rings. The van der Waals surface area contributed by atoms with Crippen LogP contribution in [0.1, 0.15) is 46.0 Å². The van der Waals surface area contributed by atoms with Crippen LogP contribution in [0.4, 0.5) is 4.79 Å². The van der Waals surface area contributed by atoms with Crippen LogP contribution in [0.2, 0.25) is 0 Å². The van der Waals surface area contributed by atoms with Crippen LogP contribution in [0.5, 0.6) is 0 Å². The second kappa shape index (κ2) is 6.95. The van der Waals surface area contributed by atoms with Gasteiger partial charge in [0.15, 0.2) is 0 Å². The Kier molecular flexibility index (Phi) is 5.09. The number of allylic oxidation sites excluding steroid dienone is 2. The number of carbonyl (C=O) groups excluding carboxylic acids is 2. The predicted octanol–water partition coefficient (Wildman–Crippen LogP) is 3.95. The highest BCUT2D eigenvalue weighted by atomic mass is 32.2. The second-order valence-corrected chi connectivity index (χ2v) is 8.35. The maximum Gasteiger partial charge on any atom is 0.279 e. The van der Waals surface area contributed by atoms with Gasteiger partial charge in [0.1, 0.15) is 0 Å². The van der Waals surface area contributed by atoms with Gasteiger partial charge >= 0.3 is 0 Å². The van der Waals surface area contributed by atoms with Crippen LogP contribution in [0.15, 0.2) is 23.9 Å². The molecule has 2 amide bonds. The molecule has 3 rings (SSSR count). The number of hydrogen-bond donors (Lipinski definition) is 1. The lowest BCUT2D eigenvalue weighted by molar-refractivity contribution is -0.133. The zero-order valence-electron chi connectivity index (χ0n) is 14.8. The summed E-state index contributed by atoms with van der Waals surface area (Å²) in [5.41, 5.74) is 2.54. The molecule has 132 valence electrons. The third-order valence-corrected chi connectivity index (χ3v) is 6.67. The number of nitrogens with zero attached hydrogens (tertiary/aromatic N) is 1. The summed E-state index contributed by atoms with van der Waals surface area (Å²) in [7, 11) is 0. The molecule has 1 saturated heterocycles. The third kappa shape index (κ3) is 2.92. The van der Waals surface area contributed by atoms with Crippen LogP contribution < -0.4 is 5.32 Å². The Balaban J connectivity index is 1.79. The summed E-state index contributed by atoms with van der Waals surface area (Å²) < 4.78 is 0. The summed E-state index contributed by atoms with van der Waals surface area (Å²) >= 11 is 1.27. The molecule has 3 atom stereocenters. The van der Waals surface area contributed by atoms with E-state index in [2.05, 4.69) is 24.9 Å². The van der Waals surface area contributed by atoms with E-state index in [1.165, 1.54) is 35.9 Å². The average molecular weight is 349 g/mol. The Labute approximate surface area is 149 Å². The second-order valence-electron chi connectivity index (χ2n) is 7.29. The zero-order chi connectivity index (χ0) is 17.3. The van der Waals surface area contributed by atoms with E-state index in [0.717, 1.165) is 12.8 Å². The summed E-state index contributed by atoms with van der Waals surface area (Å²) in [5, 5.41) is 2.78. The van der Waals surface area contributed by atoms with Crippen molar-refractivity contribution >= 4 is 22.9 Å². The van der Waals surface area contributed by atoms with Crippen molar-refractivity contribution in [2.75, 3.05) is 18.8 Å². The highest BCUT2D eigenvalue weighted by molar-refractivity contribution is 8.13. The van der Waals surface area contributed by atoms with E-state index in [1.54, 1.807) is 0 Å². The summed E-state index contributed by atoms with van der Waals surface area (Å²) in [6, 6.07) is 0. The van der Waals surface area contributed by atoms with E-state index in [4.69, 9.17) is 0 Å². The first kappa shape index (κ1) is 17.6. The normalized spacial score (nSPS) is 32.2.